The molecule has 4 rings (SSSR count). The van der Waals surface area contributed by atoms with Crippen molar-refractivity contribution in [3.63, 3.8) is 0 Å². The third-order valence-corrected chi connectivity index (χ3v) is 4.96. The molecule has 0 aliphatic carbocycles. The fourth-order valence-electron chi connectivity index (χ4n) is 3.73. The van der Waals surface area contributed by atoms with E-state index in [9.17, 15) is 15.0 Å². The zero-order valence-corrected chi connectivity index (χ0v) is 16.1. The molecule has 2 N–H and O–H groups in total. The van der Waals surface area contributed by atoms with Crippen LogP contribution in [0.3, 0.4) is 0 Å². The van der Waals surface area contributed by atoms with Crippen LogP contribution in [0.1, 0.15) is 27.7 Å². The van der Waals surface area contributed by atoms with Crippen LogP contribution in [0.15, 0.2) is 0 Å². The van der Waals surface area contributed by atoms with Gasteiger partial charge in [-0.3, -0.25) is 0 Å². The first-order valence-corrected chi connectivity index (χ1v) is 9.22. The lowest BCUT2D eigenvalue weighted by molar-refractivity contribution is -0.221. The summed E-state index contributed by atoms with van der Waals surface area (Å²) in [7, 11) is 0. The summed E-state index contributed by atoms with van der Waals surface area (Å²) in [4.78, 5) is 11.8. The van der Waals surface area contributed by atoms with Crippen LogP contribution in [-0.2, 0) is 37.9 Å². The summed E-state index contributed by atoms with van der Waals surface area (Å²) in [6.45, 7) is 6.40. The maximum absolute atomic E-state index is 11.8. The highest BCUT2D eigenvalue weighted by molar-refractivity contribution is 5.59. The van der Waals surface area contributed by atoms with E-state index < -0.39 is 66.9 Å². The predicted octanol–water partition coefficient (Wildman–Crippen LogP) is -0.386. The second-order valence-electron chi connectivity index (χ2n) is 8.14. The molecule has 0 spiro atoms. The van der Waals surface area contributed by atoms with Gasteiger partial charge in [-0.1, -0.05) is 0 Å². The largest absolute Gasteiger partial charge is 0.508 e. The monoisotopic (exact) mass is 406 g/mol. The van der Waals surface area contributed by atoms with Gasteiger partial charge in [0, 0.05) is 0 Å². The van der Waals surface area contributed by atoms with Crippen molar-refractivity contribution >= 4 is 6.16 Å². The van der Waals surface area contributed by atoms with Crippen molar-refractivity contribution in [3.05, 3.63) is 0 Å². The molecule has 4 saturated heterocycles. The first-order chi connectivity index (χ1) is 13.0. The molecule has 0 aromatic heterocycles. The molecule has 11 nitrogen and oxygen atoms in total. The molecule has 0 radical (unpaired) electrons. The van der Waals surface area contributed by atoms with E-state index in [1.807, 2.05) is 0 Å². The molecule has 4 heterocycles. The minimum Gasteiger partial charge on any atom is -0.431 e. The highest BCUT2D eigenvalue weighted by Gasteiger charge is 2.55. The molecule has 0 aromatic rings. The predicted molar refractivity (Wildman–Crippen MR) is 86.7 cm³/mol. The number of carbonyl (C=O) groups is 1. The van der Waals surface area contributed by atoms with Gasteiger partial charge in [0.1, 0.15) is 49.8 Å². The van der Waals surface area contributed by atoms with Gasteiger partial charge in [0.25, 0.3) is 0 Å². The zero-order valence-electron chi connectivity index (χ0n) is 16.1. The lowest BCUT2D eigenvalue weighted by Gasteiger charge is -2.23. The Morgan fingerprint density at radius 1 is 0.786 bits per heavy atom. The van der Waals surface area contributed by atoms with E-state index in [1.165, 1.54) is 0 Å². The molecule has 4 aliphatic rings. The number of aliphatic hydroxyl groups is 2. The van der Waals surface area contributed by atoms with Gasteiger partial charge < -0.3 is 48.1 Å². The van der Waals surface area contributed by atoms with Gasteiger partial charge in [0.2, 0.25) is 0 Å². The van der Waals surface area contributed by atoms with Gasteiger partial charge in [-0.2, -0.15) is 0 Å². The van der Waals surface area contributed by atoms with Crippen LogP contribution in [0, 0.1) is 0 Å². The van der Waals surface area contributed by atoms with Crippen LogP contribution in [0.2, 0.25) is 0 Å². The molecular formula is C17H26O11. The normalized spacial score (nSPS) is 45.6. The quantitative estimate of drug-likeness (QED) is 0.592. The van der Waals surface area contributed by atoms with E-state index in [0.717, 1.165) is 0 Å². The van der Waals surface area contributed by atoms with Crippen LogP contribution in [0.4, 0.5) is 4.79 Å². The number of hydrogen-bond donors (Lipinski definition) is 2. The number of hydrogen-bond acceptors (Lipinski definition) is 11. The van der Waals surface area contributed by atoms with Crippen molar-refractivity contribution in [2.45, 2.75) is 88.5 Å². The van der Waals surface area contributed by atoms with Gasteiger partial charge in [-0.05, 0) is 27.7 Å². The molecule has 0 aromatic carbocycles. The average Bonchev–Trinajstić information content (AvgIpc) is 3.24. The minimum absolute atomic E-state index is 0.236. The van der Waals surface area contributed by atoms with E-state index >= 15 is 0 Å². The summed E-state index contributed by atoms with van der Waals surface area (Å²) in [6.07, 6.45) is -7.32. The van der Waals surface area contributed by atoms with Crippen molar-refractivity contribution in [2.24, 2.45) is 0 Å². The lowest BCUT2D eigenvalue weighted by Crippen LogP contribution is -2.38. The molecule has 0 bridgehead atoms. The van der Waals surface area contributed by atoms with Crippen molar-refractivity contribution < 1.29 is 52.9 Å². The number of ether oxygens (including phenoxy) is 8. The molecule has 28 heavy (non-hydrogen) atoms. The van der Waals surface area contributed by atoms with E-state index in [1.54, 1.807) is 27.7 Å². The maximum atomic E-state index is 11.8. The molecule has 11 heteroatoms. The Labute approximate surface area is 161 Å². The summed E-state index contributed by atoms with van der Waals surface area (Å²) in [5.74, 6) is -1.69. The zero-order chi connectivity index (χ0) is 20.3. The molecular weight excluding hydrogens is 380 g/mol. The van der Waals surface area contributed by atoms with Crippen LogP contribution in [0.25, 0.3) is 0 Å². The lowest BCUT2D eigenvalue weighted by atomic mass is 10.1. The smallest absolute Gasteiger partial charge is 0.431 e. The Morgan fingerprint density at radius 3 is 1.54 bits per heavy atom. The second kappa shape index (κ2) is 7.03. The Bertz CT molecular complexity index is 558. The van der Waals surface area contributed by atoms with Crippen LogP contribution in [0.5, 0.6) is 0 Å². The van der Waals surface area contributed by atoms with Crippen molar-refractivity contribution in [2.75, 3.05) is 13.2 Å². The SMILES string of the molecule is CC1(C)O[C@H]2O[C@H](COC(=O)OC[C@H]3O[C@@H]4OC(C)(C)O[C@@H]4[C@@H]3O)[C@@H](O)[C@H]2O1. The molecule has 4 fully saturated rings. The minimum atomic E-state index is -1.00. The Morgan fingerprint density at radius 2 is 1.18 bits per heavy atom. The van der Waals surface area contributed by atoms with Gasteiger partial charge in [-0.25, -0.2) is 4.79 Å². The molecule has 8 atom stereocenters. The molecule has 4 aliphatic heterocycles. The summed E-state index contributed by atoms with van der Waals surface area (Å²) in [6, 6.07) is 0. The fraction of sp³-hybridized carbons (Fsp3) is 0.941. The topological polar surface area (TPSA) is 131 Å². The van der Waals surface area contributed by atoms with Crippen LogP contribution < -0.4 is 0 Å². The van der Waals surface area contributed by atoms with Crippen LogP contribution >= 0.6 is 0 Å². The Hall–Kier alpha value is -1.05. The summed E-state index contributed by atoms with van der Waals surface area (Å²) >= 11 is 0. The van der Waals surface area contributed by atoms with E-state index in [0.29, 0.717) is 0 Å². The molecule has 0 amide bonds. The van der Waals surface area contributed by atoms with Gasteiger partial charge >= 0.3 is 6.16 Å². The van der Waals surface area contributed by atoms with Gasteiger partial charge in [0.05, 0.1) is 0 Å². The first kappa shape index (κ1) is 20.2. The summed E-state index contributed by atoms with van der Waals surface area (Å²) < 4.78 is 43.2. The highest BCUT2D eigenvalue weighted by atomic mass is 16.9. The summed E-state index contributed by atoms with van der Waals surface area (Å²) in [5, 5.41) is 20.5. The van der Waals surface area contributed by atoms with Gasteiger partial charge in [0.15, 0.2) is 24.2 Å². The molecule has 160 valence electrons. The molecule has 0 saturated carbocycles. The third-order valence-electron chi connectivity index (χ3n) is 4.96. The van der Waals surface area contributed by atoms with Crippen LogP contribution in [-0.4, -0.2) is 90.4 Å². The molecule has 0 unspecified atom stereocenters. The summed E-state index contributed by atoms with van der Waals surface area (Å²) in [5.41, 5.74) is 0. The number of fused-ring (bicyclic) bond motifs is 2. The number of aliphatic hydroxyl groups excluding tert-OH is 2. The van der Waals surface area contributed by atoms with Crippen molar-refractivity contribution in [1.82, 2.24) is 0 Å². The van der Waals surface area contributed by atoms with E-state index in [4.69, 9.17) is 37.9 Å². The average molecular weight is 406 g/mol. The van der Waals surface area contributed by atoms with Crippen molar-refractivity contribution in [3.8, 4) is 0 Å². The first-order valence-electron chi connectivity index (χ1n) is 9.22. The Kier molecular flexibility index (Phi) is 5.08. The number of carbonyl (C=O) groups excluding carboxylic acids is 1. The van der Waals surface area contributed by atoms with Gasteiger partial charge in [-0.15, -0.1) is 0 Å². The number of rotatable bonds is 4. The van der Waals surface area contributed by atoms with E-state index in [2.05, 4.69) is 0 Å². The third kappa shape index (κ3) is 3.85. The standard InChI is InChI=1S/C17H26O11/c1-16(2)25-11-9(18)7(23-13(11)27-16)5-21-15(20)22-6-8-10(19)12-14(24-8)28-17(3,4)26-12/h7-14,18-19H,5-6H2,1-4H3/t7-,8-,9-,10-,11-,12-,13-,14-/m1/s1. The second-order valence-corrected chi connectivity index (χ2v) is 8.14. The maximum Gasteiger partial charge on any atom is 0.508 e. The van der Waals surface area contributed by atoms with E-state index in [-0.39, 0.29) is 13.2 Å². The fourth-order valence-corrected chi connectivity index (χ4v) is 3.73. The highest BCUT2D eigenvalue weighted by Crippen LogP contribution is 2.38. The Balaban J connectivity index is 1.18. The van der Waals surface area contributed by atoms with Crippen molar-refractivity contribution in [1.29, 1.82) is 0 Å².